The number of methoxy groups -OCH3 is 2. The molecule has 1 saturated heterocycles. The summed E-state index contributed by atoms with van der Waals surface area (Å²) < 4.78 is 80.1. The maximum atomic E-state index is 14.3. The van der Waals surface area contributed by atoms with Crippen LogP contribution in [-0.4, -0.2) is 84.4 Å². The summed E-state index contributed by atoms with van der Waals surface area (Å²) in [5, 5.41) is 12.1. The zero-order chi connectivity index (χ0) is 30.8. The second-order valence-electron chi connectivity index (χ2n) is 7.84. The lowest BCUT2D eigenvalue weighted by molar-refractivity contribution is -0.355. The number of hydrogen-bond donors (Lipinski definition) is 0. The van der Waals surface area contributed by atoms with Gasteiger partial charge in [-0.25, -0.2) is 26.4 Å². The van der Waals surface area contributed by atoms with Crippen molar-refractivity contribution in [3.63, 3.8) is 0 Å². The second kappa shape index (κ2) is 11.7. The van der Waals surface area contributed by atoms with Crippen molar-refractivity contribution in [3.05, 3.63) is 71.9 Å². The molecule has 0 aromatic heterocycles. The van der Waals surface area contributed by atoms with Gasteiger partial charge in [0.2, 0.25) is 5.31 Å². The predicted octanol–water partition coefficient (Wildman–Crippen LogP) is 0.818. The van der Waals surface area contributed by atoms with Gasteiger partial charge in [0.25, 0.3) is 26.0 Å². The van der Waals surface area contributed by atoms with Crippen LogP contribution in [0.1, 0.15) is 0 Å². The number of urea groups is 1. The summed E-state index contributed by atoms with van der Waals surface area (Å²) in [5.41, 5.74) is -3.72. The molecule has 1 aliphatic rings. The van der Waals surface area contributed by atoms with Crippen LogP contribution in [0.25, 0.3) is 0 Å². The van der Waals surface area contributed by atoms with Crippen LogP contribution >= 0.6 is 7.94 Å². The number of sulfonamides is 2. The van der Waals surface area contributed by atoms with Gasteiger partial charge in [0, 0.05) is 0 Å². The molecule has 222 valence electrons. The summed E-state index contributed by atoms with van der Waals surface area (Å²) >= 11 is 0. The molecule has 15 nitrogen and oxygen atoms in total. The number of hydrogen-bond acceptors (Lipinski definition) is 13. The van der Waals surface area contributed by atoms with E-state index in [1.807, 2.05) is 0 Å². The van der Waals surface area contributed by atoms with Crippen LogP contribution in [0, 0.1) is 0 Å². The molecule has 1 unspecified atom stereocenters. The van der Waals surface area contributed by atoms with E-state index < -0.39 is 76.8 Å². The highest BCUT2D eigenvalue weighted by atomic mass is 32.2. The van der Waals surface area contributed by atoms with Crippen molar-refractivity contribution >= 4 is 45.9 Å². The number of carbonyl (C=O) groups excluding carboxylic acids is 3. The molecule has 2 aromatic rings. The number of benzene rings is 2. The van der Waals surface area contributed by atoms with Crippen molar-refractivity contribution in [2.75, 3.05) is 35.5 Å². The zero-order valence-corrected chi connectivity index (χ0v) is 24.8. The topological polar surface area (TPSA) is 195 Å². The fourth-order valence-corrected chi connectivity index (χ4v) is 9.17. The largest absolute Gasteiger partial charge is 0.614 e. The maximum absolute atomic E-state index is 14.3. The Balaban J connectivity index is 2.62. The smallest absolute Gasteiger partial charge is 0.449 e. The van der Waals surface area contributed by atoms with Gasteiger partial charge in [-0.15, -0.1) is 4.31 Å². The molecule has 0 N–H and O–H groups in total. The van der Waals surface area contributed by atoms with Gasteiger partial charge in [-0.3, -0.25) is 4.79 Å². The number of amides is 3. The minimum Gasteiger partial charge on any atom is -0.614 e. The average Bonchev–Trinajstić information content (AvgIpc) is 3.23. The molecule has 18 heteroatoms. The van der Waals surface area contributed by atoms with E-state index in [0.29, 0.717) is 7.11 Å². The molecule has 1 heterocycles. The summed E-state index contributed by atoms with van der Waals surface area (Å²) in [6, 6.07) is 9.95. The van der Waals surface area contributed by atoms with Crippen molar-refractivity contribution in [2.24, 2.45) is 0 Å². The Kier molecular flexibility index (Phi) is 9.12. The molecule has 0 saturated carbocycles. The summed E-state index contributed by atoms with van der Waals surface area (Å²) in [6.45, 7) is 0. The standard InChI is InChI=1S/C23H25N2O13PS2/c1-34-19(26)18(39(36-3,37-4)38-5)23(21(28)35-2)20(27)24(40(30,31)16-12-8-6-9-13-16)22(29)25(23)41(32,33)17-14-10-7-11-15-17/h6-15H,1-5H3/b19-18+. The van der Waals surface area contributed by atoms with E-state index in [-0.39, 0.29) is 4.31 Å². The first-order valence-corrected chi connectivity index (χ1v) is 15.6. The quantitative estimate of drug-likeness (QED) is 0.111. The van der Waals surface area contributed by atoms with Crippen LogP contribution in [0.15, 0.2) is 81.7 Å². The van der Waals surface area contributed by atoms with E-state index in [1.165, 1.54) is 36.4 Å². The Morgan fingerprint density at radius 1 is 0.756 bits per heavy atom. The third-order valence-corrected chi connectivity index (χ3v) is 11.9. The summed E-state index contributed by atoms with van der Waals surface area (Å²) in [7, 11) is -10.7. The SMILES string of the molecule is COC(=O)C1(/C(=C(/[O-])OC)[P+](OC)(OC)OC)C(=O)N(S(=O)(=O)c2ccccc2)C(=O)N1S(=O)(=O)c1ccccc1. The van der Waals surface area contributed by atoms with E-state index in [4.69, 9.17) is 23.0 Å². The fraction of sp³-hybridized carbons (Fsp3) is 0.261. The van der Waals surface area contributed by atoms with Crippen LogP contribution in [0.2, 0.25) is 0 Å². The molecule has 2 aromatic carbocycles. The number of carbonyl (C=O) groups is 3. The molecule has 0 bridgehead atoms. The van der Waals surface area contributed by atoms with E-state index >= 15 is 0 Å². The minimum absolute atomic E-state index is 0.359. The lowest BCUT2D eigenvalue weighted by Crippen LogP contribution is -2.61. The van der Waals surface area contributed by atoms with E-state index in [2.05, 4.69) is 0 Å². The Bertz CT molecular complexity index is 1570. The van der Waals surface area contributed by atoms with Gasteiger partial charge in [0.15, 0.2) is 0 Å². The molecule has 41 heavy (non-hydrogen) atoms. The normalized spacial score (nSPS) is 18.8. The van der Waals surface area contributed by atoms with Gasteiger partial charge in [-0.2, -0.15) is 17.9 Å². The highest BCUT2D eigenvalue weighted by Gasteiger charge is 2.79. The van der Waals surface area contributed by atoms with Crippen LogP contribution in [0.3, 0.4) is 0 Å². The van der Waals surface area contributed by atoms with Gasteiger partial charge < -0.3 is 14.6 Å². The van der Waals surface area contributed by atoms with Crippen molar-refractivity contribution in [1.82, 2.24) is 8.61 Å². The van der Waals surface area contributed by atoms with Gasteiger partial charge in [-0.05, 0) is 31.4 Å². The molecule has 1 fully saturated rings. The lowest BCUT2D eigenvalue weighted by atomic mass is 9.99. The van der Waals surface area contributed by atoms with Gasteiger partial charge in [0.05, 0.1) is 38.2 Å². The van der Waals surface area contributed by atoms with Gasteiger partial charge in [-0.1, -0.05) is 36.4 Å². The minimum atomic E-state index is -5.35. The molecule has 1 atom stereocenters. The van der Waals surface area contributed by atoms with Crippen LogP contribution in [0.4, 0.5) is 4.79 Å². The predicted molar refractivity (Wildman–Crippen MR) is 138 cm³/mol. The first-order chi connectivity index (χ1) is 19.3. The summed E-state index contributed by atoms with van der Waals surface area (Å²) in [5.74, 6) is -5.49. The van der Waals surface area contributed by atoms with Gasteiger partial charge >= 0.3 is 25.5 Å². The monoisotopic (exact) mass is 632 g/mol. The first-order valence-electron chi connectivity index (χ1n) is 11.2. The zero-order valence-electron chi connectivity index (χ0n) is 22.2. The number of esters is 1. The fourth-order valence-electron chi connectivity index (χ4n) is 4.10. The van der Waals surface area contributed by atoms with Crippen molar-refractivity contribution in [3.8, 4) is 0 Å². The molecule has 0 aliphatic carbocycles. The van der Waals surface area contributed by atoms with Crippen molar-refractivity contribution in [1.29, 1.82) is 0 Å². The molecular weight excluding hydrogens is 607 g/mol. The highest BCUT2D eigenvalue weighted by molar-refractivity contribution is 7.91. The maximum Gasteiger partial charge on any atom is 0.449 e. The third-order valence-electron chi connectivity index (χ3n) is 5.91. The Labute approximate surface area is 236 Å². The lowest BCUT2D eigenvalue weighted by Gasteiger charge is -2.35. The van der Waals surface area contributed by atoms with E-state index in [1.54, 1.807) is 0 Å². The number of rotatable bonds is 11. The molecule has 3 rings (SSSR count). The molecule has 3 amide bonds. The summed E-state index contributed by atoms with van der Waals surface area (Å²) in [4.78, 5) is 40.8. The van der Waals surface area contributed by atoms with Gasteiger partial charge in [0.1, 0.15) is 5.95 Å². The molecular formula is C23H25N2O13PS2. The molecule has 0 spiro atoms. The Morgan fingerprint density at radius 3 is 1.59 bits per heavy atom. The number of ether oxygens (including phenoxy) is 2. The Morgan fingerprint density at radius 2 is 1.20 bits per heavy atom. The average molecular weight is 633 g/mol. The van der Waals surface area contributed by atoms with Crippen molar-refractivity contribution < 1.29 is 59.4 Å². The molecule has 0 radical (unpaired) electrons. The molecule has 1 aliphatic heterocycles. The highest BCUT2D eigenvalue weighted by Crippen LogP contribution is 2.72. The third kappa shape index (κ3) is 4.73. The number of nitrogens with zero attached hydrogens (tertiary/aromatic N) is 2. The second-order valence-corrected chi connectivity index (χ2v) is 14.0. The number of imide groups is 1. The summed E-state index contributed by atoms with van der Waals surface area (Å²) in [6.07, 6.45) is 0. The Hall–Kier alpha value is -3.60. The first kappa shape index (κ1) is 31.9. The van der Waals surface area contributed by atoms with Crippen LogP contribution < -0.4 is 5.11 Å². The van der Waals surface area contributed by atoms with E-state index in [9.17, 15) is 36.3 Å². The van der Waals surface area contributed by atoms with Crippen LogP contribution in [0.5, 0.6) is 0 Å². The van der Waals surface area contributed by atoms with Crippen molar-refractivity contribution in [2.45, 2.75) is 15.3 Å². The van der Waals surface area contributed by atoms with Crippen LogP contribution in [-0.2, 0) is 52.7 Å². The van der Waals surface area contributed by atoms with E-state index in [0.717, 1.165) is 52.7 Å².